The second-order valence-electron chi connectivity index (χ2n) is 4.36. The lowest BCUT2D eigenvalue weighted by molar-refractivity contribution is -0.130. The van der Waals surface area contributed by atoms with E-state index in [-0.39, 0.29) is 28.4 Å². The molecule has 1 aromatic rings. The molecule has 0 amide bonds. The van der Waals surface area contributed by atoms with Crippen molar-refractivity contribution < 1.29 is 23.8 Å². The second kappa shape index (κ2) is 7.28. The van der Waals surface area contributed by atoms with E-state index in [1.807, 2.05) is 0 Å². The molecule has 0 atom stereocenters. The molecule has 5 heteroatoms. The summed E-state index contributed by atoms with van der Waals surface area (Å²) in [4.78, 5) is 23.2. The summed E-state index contributed by atoms with van der Waals surface area (Å²) >= 11 is 0. The van der Waals surface area contributed by atoms with Crippen LogP contribution in [0.5, 0.6) is 17.2 Å². The Hall–Kier alpha value is -2.56. The number of esters is 2. The summed E-state index contributed by atoms with van der Waals surface area (Å²) in [5.74, 6) is -0.656. The van der Waals surface area contributed by atoms with E-state index in [0.29, 0.717) is 6.61 Å². The highest BCUT2D eigenvalue weighted by Crippen LogP contribution is 2.37. The number of hydrogen-bond acceptors (Lipinski definition) is 5. The van der Waals surface area contributed by atoms with Crippen molar-refractivity contribution in [2.45, 2.75) is 20.8 Å². The average Bonchev–Trinajstić information content (AvgIpc) is 2.41. The van der Waals surface area contributed by atoms with Gasteiger partial charge in [-0.2, -0.15) is 0 Å². The lowest BCUT2D eigenvalue weighted by Crippen LogP contribution is -2.12. The van der Waals surface area contributed by atoms with Crippen LogP contribution >= 0.6 is 0 Å². The molecule has 0 saturated heterocycles. The monoisotopic (exact) mass is 290 g/mol. The molecule has 0 unspecified atom stereocenters. The van der Waals surface area contributed by atoms with E-state index in [9.17, 15) is 9.59 Å². The Morgan fingerprint density at radius 1 is 1.00 bits per heavy atom. The Balaban J connectivity index is 3.14. The molecule has 5 nitrogen and oxygen atoms in total. The van der Waals surface area contributed by atoms with Crippen LogP contribution < -0.4 is 14.2 Å². The highest BCUT2D eigenvalue weighted by molar-refractivity contribution is 5.90. The molecule has 0 radical (unpaired) electrons. The van der Waals surface area contributed by atoms with Gasteiger partial charge in [0.2, 0.25) is 5.75 Å². The fourth-order valence-corrected chi connectivity index (χ4v) is 1.32. The van der Waals surface area contributed by atoms with Crippen LogP contribution in [-0.2, 0) is 9.59 Å². The highest BCUT2D eigenvalue weighted by atomic mass is 16.6. The lowest BCUT2D eigenvalue weighted by atomic mass is 10.2. The highest BCUT2D eigenvalue weighted by Gasteiger charge is 2.18. The fourth-order valence-electron chi connectivity index (χ4n) is 1.32. The maximum absolute atomic E-state index is 11.6. The third-order valence-electron chi connectivity index (χ3n) is 2.33. The minimum atomic E-state index is -0.584. The molecule has 21 heavy (non-hydrogen) atoms. The smallest absolute Gasteiger partial charge is 0.338 e. The van der Waals surface area contributed by atoms with Crippen molar-refractivity contribution in [2.75, 3.05) is 6.61 Å². The number of carbonyl (C=O) groups excluding carboxylic acids is 2. The third kappa shape index (κ3) is 4.49. The van der Waals surface area contributed by atoms with E-state index >= 15 is 0 Å². The van der Waals surface area contributed by atoms with Crippen LogP contribution in [0, 0.1) is 0 Å². The van der Waals surface area contributed by atoms with Crippen LogP contribution in [-0.4, -0.2) is 18.5 Å². The average molecular weight is 290 g/mol. The standard InChI is InChI=1S/C16H18O5/c1-6-19-14-12(20-15(17)10(2)3)8-7-9-13(14)21-16(18)11(4)5/h7-9H,2,4,6H2,1,3,5H3. The molecule has 0 aliphatic heterocycles. The van der Waals surface area contributed by atoms with E-state index in [4.69, 9.17) is 14.2 Å². The summed E-state index contributed by atoms with van der Waals surface area (Å²) in [5.41, 5.74) is 0.503. The van der Waals surface area contributed by atoms with Gasteiger partial charge in [0.25, 0.3) is 0 Å². The Labute approximate surface area is 123 Å². The summed E-state index contributed by atoms with van der Waals surface area (Å²) in [5, 5.41) is 0. The van der Waals surface area contributed by atoms with Gasteiger partial charge in [-0.3, -0.25) is 0 Å². The first-order valence-electron chi connectivity index (χ1n) is 6.38. The van der Waals surface area contributed by atoms with Crippen LogP contribution in [0.2, 0.25) is 0 Å². The topological polar surface area (TPSA) is 61.8 Å². The molecule has 1 rings (SSSR count). The minimum Gasteiger partial charge on any atom is -0.487 e. The summed E-state index contributed by atoms with van der Waals surface area (Å²) in [6.07, 6.45) is 0. The number of carbonyl (C=O) groups is 2. The van der Waals surface area contributed by atoms with Crippen molar-refractivity contribution in [3.8, 4) is 17.2 Å². The largest absolute Gasteiger partial charge is 0.487 e. The SMILES string of the molecule is C=C(C)C(=O)Oc1cccc(OC(=O)C(=C)C)c1OCC. The Kier molecular flexibility index (Phi) is 5.72. The zero-order valence-corrected chi connectivity index (χ0v) is 12.4. The van der Waals surface area contributed by atoms with Crippen molar-refractivity contribution in [3.05, 3.63) is 42.5 Å². The molecular formula is C16H18O5. The Morgan fingerprint density at radius 2 is 1.43 bits per heavy atom. The number of rotatable bonds is 6. The van der Waals surface area contributed by atoms with Crippen LogP contribution in [0.4, 0.5) is 0 Å². The van der Waals surface area contributed by atoms with Crippen molar-refractivity contribution in [1.29, 1.82) is 0 Å². The molecule has 0 aromatic heterocycles. The van der Waals surface area contributed by atoms with Gasteiger partial charge in [0.1, 0.15) is 0 Å². The van der Waals surface area contributed by atoms with E-state index in [0.717, 1.165) is 0 Å². The van der Waals surface area contributed by atoms with Gasteiger partial charge in [-0.25, -0.2) is 9.59 Å². The molecule has 1 aromatic carbocycles. The Bertz CT molecular complexity index is 540. The number of hydrogen-bond donors (Lipinski definition) is 0. The molecule has 0 saturated carbocycles. The maximum atomic E-state index is 11.6. The molecule has 112 valence electrons. The predicted molar refractivity (Wildman–Crippen MR) is 78.5 cm³/mol. The molecule has 0 aliphatic carbocycles. The van der Waals surface area contributed by atoms with Gasteiger partial charge < -0.3 is 14.2 Å². The first-order valence-corrected chi connectivity index (χ1v) is 6.38. The van der Waals surface area contributed by atoms with Crippen molar-refractivity contribution in [1.82, 2.24) is 0 Å². The van der Waals surface area contributed by atoms with Crippen LogP contribution in [0.25, 0.3) is 0 Å². The zero-order chi connectivity index (χ0) is 16.0. The number of para-hydroxylation sites is 1. The quantitative estimate of drug-likeness (QED) is 0.458. The summed E-state index contributed by atoms with van der Waals surface area (Å²) in [7, 11) is 0. The van der Waals surface area contributed by atoms with E-state index in [1.54, 1.807) is 25.1 Å². The van der Waals surface area contributed by atoms with Crippen molar-refractivity contribution in [2.24, 2.45) is 0 Å². The Morgan fingerprint density at radius 3 is 1.76 bits per heavy atom. The van der Waals surface area contributed by atoms with E-state index in [1.165, 1.54) is 13.8 Å². The summed E-state index contributed by atoms with van der Waals surface area (Å²) < 4.78 is 15.7. The van der Waals surface area contributed by atoms with Gasteiger partial charge in [-0.15, -0.1) is 0 Å². The van der Waals surface area contributed by atoms with E-state index in [2.05, 4.69) is 13.2 Å². The van der Waals surface area contributed by atoms with Crippen LogP contribution in [0.3, 0.4) is 0 Å². The predicted octanol–water partition coefficient (Wildman–Crippen LogP) is 3.05. The lowest BCUT2D eigenvalue weighted by Gasteiger charge is -2.14. The van der Waals surface area contributed by atoms with Gasteiger partial charge >= 0.3 is 11.9 Å². The molecule has 0 heterocycles. The van der Waals surface area contributed by atoms with Crippen LogP contribution in [0.15, 0.2) is 42.5 Å². The molecule has 0 bridgehead atoms. The third-order valence-corrected chi connectivity index (χ3v) is 2.33. The number of benzene rings is 1. The normalized spacial score (nSPS) is 9.67. The van der Waals surface area contributed by atoms with Gasteiger partial charge in [0.15, 0.2) is 11.5 Å². The number of ether oxygens (including phenoxy) is 3. The molecule has 0 aliphatic rings. The summed E-state index contributed by atoms with van der Waals surface area (Å²) in [6.45, 7) is 12.2. The molecule has 0 fully saturated rings. The van der Waals surface area contributed by atoms with Gasteiger partial charge in [-0.1, -0.05) is 19.2 Å². The van der Waals surface area contributed by atoms with Gasteiger partial charge in [-0.05, 0) is 32.9 Å². The zero-order valence-electron chi connectivity index (χ0n) is 12.4. The molecule has 0 spiro atoms. The minimum absolute atomic E-state index is 0.164. The molecular weight excluding hydrogens is 272 g/mol. The summed E-state index contributed by atoms with van der Waals surface area (Å²) in [6, 6.07) is 4.68. The van der Waals surface area contributed by atoms with Crippen molar-refractivity contribution >= 4 is 11.9 Å². The first kappa shape index (κ1) is 16.5. The molecule has 0 N–H and O–H groups in total. The van der Waals surface area contributed by atoms with Gasteiger partial charge in [0.05, 0.1) is 6.61 Å². The van der Waals surface area contributed by atoms with E-state index < -0.39 is 11.9 Å². The first-order chi connectivity index (χ1) is 9.86. The van der Waals surface area contributed by atoms with Crippen molar-refractivity contribution in [3.63, 3.8) is 0 Å². The fraction of sp³-hybridized carbons (Fsp3) is 0.250. The van der Waals surface area contributed by atoms with Crippen LogP contribution in [0.1, 0.15) is 20.8 Å². The maximum Gasteiger partial charge on any atom is 0.338 e. The second-order valence-corrected chi connectivity index (χ2v) is 4.36. The van der Waals surface area contributed by atoms with Gasteiger partial charge in [0, 0.05) is 11.1 Å².